The quantitative estimate of drug-likeness (QED) is 0.669. The number of carbonyl (C=O) groups excluding carboxylic acids is 1. The number of esters is 1. The largest absolute Gasteiger partial charge is 0.466 e. The Bertz CT molecular complexity index is 393. The summed E-state index contributed by atoms with van der Waals surface area (Å²) in [6.07, 6.45) is 5.69. The maximum atomic E-state index is 9.82. The summed E-state index contributed by atoms with van der Waals surface area (Å²) in [6.45, 7) is 3.65. The average molecular weight is 206 g/mol. The van der Waals surface area contributed by atoms with E-state index in [4.69, 9.17) is 0 Å². The van der Waals surface area contributed by atoms with Crippen molar-refractivity contribution >= 4 is 11.6 Å². The van der Waals surface area contributed by atoms with Gasteiger partial charge in [0.15, 0.2) is 0 Å². The first-order valence-electron chi connectivity index (χ1n) is 4.75. The van der Waals surface area contributed by atoms with Crippen molar-refractivity contribution in [1.29, 1.82) is 0 Å². The molecular weight excluding hydrogens is 192 g/mol. The van der Waals surface area contributed by atoms with E-state index in [9.17, 15) is 4.79 Å². The molecule has 0 radical (unpaired) electrons. The third-order valence-corrected chi connectivity index (χ3v) is 1.65. The van der Waals surface area contributed by atoms with Crippen molar-refractivity contribution in [2.24, 2.45) is 0 Å². The summed E-state index contributed by atoms with van der Waals surface area (Å²) >= 11 is 0. The number of rotatable bonds is 1. The number of fused-ring (bicyclic) bond motifs is 1. The predicted molar refractivity (Wildman–Crippen MR) is 57.5 cm³/mol. The Balaban J connectivity index is 0.000000167. The summed E-state index contributed by atoms with van der Waals surface area (Å²) in [5, 5.41) is 0. The van der Waals surface area contributed by atoms with Crippen molar-refractivity contribution in [2.45, 2.75) is 13.8 Å². The molecule has 80 valence electrons. The molecule has 0 saturated carbocycles. The molecule has 4 heteroatoms. The summed E-state index contributed by atoms with van der Waals surface area (Å²) in [4.78, 5) is 13.9. The molecule has 2 rings (SSSR count). The van der Waals surface area contributed by atoms with Gasteiger partial charge in [0.1, 0.15) is 5.65 Å². The third-order valence-electron chi connectivity index (χ3n) is 1.65. The first-order valence-corrected chi connectivity index (χ1v) is 4.75. The van der Waals surface area contributed by atoms with Crippen LogP contribution in [0.25, 0.3) is 5.65 Å². The molecule has 0 aliphatic rings. The van der Waals surface area contributed by atoms with Crippen LogP contribution in [0.1, 0.15) is 13.8 Å². The molecular formula is C11H14N2O2. The van der Waals surface area contributed by atoms with E-state index >= 15 is 0 Å². The molecule has 0 fully saturated rings. The van der Waals surface area contributed by atoms with E-state index in [-0.39, 0.29) is 5.97 Å². The second-order valence-electron chi connectivity index (χ2n) is 2.82. The van der Waals surface area contributed by atoms with Crippen molar-refractivity contribution in [3.8, 4) is 0 Å². The zero-order valence-electron chi connectivity index (χ0n) is 8.88. The van der Waals surface area contributed by atoms with Crippen LogP contribution in [-0.2, 0) is 9.53 Å². The summed E-state index contributed by atoms with van der Waals surface area (Å²) in [5.74, 6) is -0.211. The van der Waals surface area contributed by atoms with Crippen LogP contribution in [0.4, 0.5) is 0 Å². The second-order valence-corrected chi connectivity index (χ2v) is 2.82. The van der Waals surface area contributed by atoms with Gasteiger partial charge in [0, 0.05) is 25.5 Å². The number of pyridine rings is 1. The van der Waals surface area contributed by atoms with Gasteiger partial charge in [-0.1, -0.05) is 6.07 Å². The van der Waals surface area contributed by atoms with E-state index in [0.29, 0.717) is 6.61 Å². The van der Waals surface area contributed by atoms with E-state index in [1.54, 1.807) is 13.1 Å². The Morgan fingerprint density at radius 1 is 1.47 bits per heavy atom. The molecule has 0 amide bonds. The maximum absolute atomic E-state index is 9.82. The Morgan fingerprint density at radius 3 is 2.80 bits per heavy atom. The smallest absolute Gasteiger partial charge is 0.302 e. The SMILES string of the molecule is CCOC(C)=O.c1ccn2ccnc2c1. The highest BCUT2D eigenvalue weighted by Gasteiger charge is 1.85. The fraction of sp³-hybridized carbons (Fsp3) is 0.273. The summed E-state index contributed by atoms with van der Waals surface area (Å²) < 4.78 is 6.38. The van der Waals surface area contributed by atoms with Gasteiger partial charge >= 0.3 is 5.97 Å². The fourth-order valence-corrected chi connectivity index (χ4v) is 1.07. The Labute approximate surface area is 88.5 Å². The highest BCUT2D eigenvalue weighted by molar-refractivity contribution is 5.65. The number of carbonyl (C=O) groups is 1. The molecule has 2 aromatic rings. The van der Waals surface area contributed by atoms with Crippen LogP contribution in [0.3, 0.4) is 0 Å². The van der Waals surface area contributed by atoms with Gasteiger partial charge in [-0.2, -0.15) is 0 Å². The van der Waals surface area contributed by atoms with Crippen LogP contribution >= 0.6 is 0 Å². The minimum atomic E-state index is -0.211. The average Bonchev–Trinajstić information content (AvgIpc) is 2.65. The minimum Gasteiger partial charge on any atom is -0.466 e. The van der Waals surface area contributed by atoms with Gasteiger partial charge in [0.05, 0.1) is 6.61 Å². The van der Waals surface area contributed by atoms with Gasteiger partial charge in [0.25, 0.3) is 0 Å². The molecule has 0 saturated heterocycles. The lowest BCUT2D eigenvalue weighted by Gasteiger charge is -1.89. The molecule has 0 bridgehead atoms. The van der Waals surface area contributed by atoms with Crippen LogP contribution in [0.5, 0.6) is 0 Å². The van der Waals surface area contributed by atoms with Gasteiger partial charge in [-0.3, -0.25) is 4.79 Å². The fourth-order valence-electron chi connectivity index (χ4n) is 1.07. The predicted octanol–water partition coefficient (Wildman–Crippen LogP) is 1.90. The lowest BCUT2D eigenvalue weighted by molar-refractivity contribution is -0.140. The topological polar surface area (TPSA) is 43.6 Å². The van der Waals surface area contributed by atoms with Gasteiger partial charge in [-0.05, 0) is 19.1 Å². The Morgan fingerprint density at radius 2 is 2.27 bits per heavy atom. The molecule has 0 spiro atoms. The summed E-state index contributed by atoms with van der Waals surface area (Å²) in [6, 6.07) is 5.93. The first-order chi connectivity index (χ1) is 7.24. The Kier molecular flexibility index (Phi) is 4.34. The van der Waals surface area contributed by atoms with Crippen LogP contribution < -0.4 is 0 Å². The van der Waals surface area contributed by atoms with E-state index in [0.717, 1.165) is 5.65 Å². The van der Waals surface area contributed by atoms with Gasteiger partial charge in [-0.25, -0.2) is 4.98 Å². The van der Waals surface area contributed by atoms with Crippen LogP contribution in [0.2, 0.25) is 0 Å². The number of aromatic nitrogens is 2. The van der Waals surface area contributed by atoms with Gasteiger partial charge in [-0.15, -0.1) is 0 Å². The summed E-state index contributed by atoms with van der Waals surface area (Å²) in [7, 11) is 0. The number of nitrogens with zero attached hydrogens (tertiary/aromatic N) is 2. The summed E-state index contributed by atoms with van der Waals surface area (Å²) in [5.41, 5.74) is 0.998. The van der Waals surface area contributed by atoms with Crippen molar-refractivity contribution in [3.63, 3.8) is 0 Å². The van der Waals surface area contributed by atoms with E-state index in [1.165, 1.54) is 6.92 Å². The number of hydrogen-bond acceptors (Lipinski definition) is 3. The number of hydrogen-bond donors (Lipinski definition) is 0. The zero-order chi connectivity index (χ0) is 11.1. The highest BCUT2D eigenvalue weighted by Crippen LogP contribution is 1.96. The number of imidazole rings is 1. The van der Waals surface area contributed by atoms with E-state index in [2.05, 4.69) is 9.72 Å². The first kappa shape index (κ1) is 11.2. The molecule has 0 N–H and O–H groups in total. The van der Waals surface area contributed by atoms with Crippen molar-refractivity contribution < 1.29 is 9.53 Å². The standard InChI is InChI=1S/C7H6N2.C4H8O2/c1-2-5-9-6-4-8-7(9)3-1;1-3-6-4(2)5/h1-6H;3H2,1-2H3. The molecule has 2 heterocycles. The molecule has 4 nitrogen and oxygen atoms in total. The van der Waals surface area contributed by atoms with Gasteiger partial charge < -0.3 is 9.14 Å². The maximum Gasteiger partial charge on any atom is 0.302 e. The minimum absolute atomic E-state index is 0.211. The molecule has 0 unspecified atom stereocenters. The third kappa shape index (κ3) is 3.81. The second kappa shape index (κ2) is 5.80. The lowest BCUT2D eigenvalue weighted by atomic mass is 10.5. The molecule has 2 aromatic heterocycles. The van der Waals surface area contributed by atoms with Crippen molar-refractivity contribution in [3.05, 3.63) is 36.8 Å². The molecule has 0 atom stereocenters. The molecule has 0 aromatic carbocycles. The molecule has 0 aliphatic carbocycles. The van der Waals surface area contributed by atoms with Crippen molar-refractivity contribution in [1.82, 2.24) is 9.38 Å². The van der Waals surface area contributed by atoms with E-state index in [1.807, 2.05) is 35.0 Å². The molecule has 15 heavy (non-hydrogen) atoms. The van der Waals surface area contributed by atoms with Crippen LogP contribution in [-0.4, -0.2) is 22.0 Å². The zero-order valence-corrected chi connectivity index (χ0v) is 8.88. The van der Waals surface area contributed by atoms with Crippen LogP contribution in [0, 0.1) is 0 Å². The van der Waals surface area contributed by atoms with Crippen LogP contribution in [0.15, 0.2) is 36.8 Å². The van der Waals surface area contributed by atoms with Gasteiger partial charge in [0.2, 0.25) is 0 Å². The number of ether oxygens (including phenoxy) is 1. The highest BCUT2D eigenvalue weighted by atomic mass is 16.5. The Hall–Kier alpha value is -1.84. The lowest BCUT2D eigenvalue weighted by Crippen LogP contribution is -1.95. The monoisotopic (exact) mass is 206 g/mol. The molecule has 0 aliphatic heterocycles. The van der Waals surface area contributed by atoms with E-state index < -0.39 is 0 Å². The van der Waals surface area contributed by atoms with Crippen molar-refractivity contribution in [2.75, 3.05) is 6.61 Å². The normalized spacial score (nSPS) is 9.20.